The maximum atomic E-state index is 14.5. The van der Waals surface area contributed by atoms with E-state index in [4.69, 9.17) is 0 Å². The molecule has 1 aliphatic carbocycles. The highest BCUT2D eigenvalue weighted by molar-refractivity contribution is 5.68. The first-order valence-electron chi connectivity index (χ1n) is 11.6. The lowest BCUT2D eigenvalue weighted by atomic mass is 9.84. The Kier molecular flexibility index (Phi) is 10.7. The number of aliphatic hydroxyl groups is 1. The van der Waals surface area contributed by atoms with Gasteiger partial charge in [-0.3, -0.25) is 4.79 Å². The molecule has 2 rings (SSSR count). The van der Waals surface area contributed by atoms with Crippen LogP contribution in [-0.4, -0.2) is 24.4 Å². The Hall–Kier alpha value is -1.42. The second-order valence-electron chi connectivity index (χ2n) is 8.57. The molecule has 4 atom stereocenters. The van der Waals surface area contributed by atoms with Gasteiger partial charge in [-0.1, -0.05) is 69.7 Å². The number of hydrogen-bond acceptors (Lipinski definition) is 3. The van der Waals surface area contributed by atoms with Gasteiger partial charge in [-0.25, -0.2) is 4.39 Å². The van der Waals surface area contributed by atoms with E-state index in [0.29, 0.717) is 12.8 Å². The van der Waals surface area contributed by atoms with Crippen molar-refractivity contribution in [1.82, 2.24) is 0 Å². The zero-order valence-electron chi connectivity index (χ0n) is 18.2. The molecule has 0 aliphatic heterocycles. The molecule has 0 aromatic heterocycles. The van der Waals surface area contributed by atoms with Crippen molar-refractivity contribution in [2.45, 2.75) is 102 Å². The van der Waals surface area contributed by atoms with Gasteiger partial charge < -0.3 is 9.84 Å². The van der Waals surface area contributed by atoms with Gasteiger partial charge in [0, 0.05) is 6.42 Å². The van der Waals surface area contributed by atoms with Gasteiger partial charge in [0.05, 0.1) is 13.2 Å². The van der Waals surface area contributed by atoms with E-state index in [1.807, 2.05) is 12.1 Å². The van der Waals surface area contributed by atoms with Gasteiger partial charge in [0.15, 0.2) is 0 Å². The van der Waals surface area contributed by atoms with Gasteiger partial charge in [0.2, 0.25) is 0 Å². The van der Waals surface area contributed by atoms with Crippen molar-refractivity contribution >= 4 is 5.97 Å². The summed E-state index contributed by atoms with van der Waals surface area (Å²) in [5.41, 5.74) is 2.19. The fraction of sp³-hybridized carbons (Fsp3) is 0.720. The zero-order valence-corrected chi connectivity index (χ0v) is 18.2. The van der Waals surface area contributed by atoms with E-state index in [1.165, 1.54) is 12.7 Å². The average Bonchev–Trinajstić information content (AvgIpc) is 3.10. The van der Waals surface area contributed by atoms with Crippen LogP contribution in [0.4, 0.5) is 4.39 Å². The lowest BCUT2D eigenvalue weighted by molar-refractivity contribution is -0.140. The van der Waals surface area contributed by atoms with E-state index < -0.39 is 12.3 Å². The van der Waals surface area contributed by atoms with Crippen LogP contribution in [0.5, 0.6) is 0 Å². The van der Waals surface area contributed by atoms with Crippen molar-refractivity contribution in [2.75, 3.05) is 7.11 Å². The van der Waals surface area contributed by atoms with Crippen LogP contribution in [0.3, 0.4) is 0 Å². The zero-order chi connectivity index (χ0) is 21.1. The maximum Gasteiger partial charge on any atom is 0.305 e. The lowest BCUT2D eigenvalue weighted by Gasteiger charge is -2.22. The fourth-order valence-electron chi connectivity index (χ4n) is 4.64. The molecule has 1 aromatic rings. The normalized spacial score (nSPS) is 22.6. The Morgan fingerprint density at radius 3 is 2.52 bits per heavy atom. The molecular weight excluding hydrogens is 367 g/mol. The van der Waals surface area contributed by atoms with Crippen LogP contribution in [-0.2, 0) is 9.53 Å². The maximum absolute atomic E-state index is 14.5. The van der Waals surface area contributed by atoms with Gasteiger partial charge >= 0.3 is 5.97 Å². The van der Waals surface area contributed by atoms with Crippen molar-refractivity contribution in [1.29, 1.82) is 0 Å². The van der Waals surface area contributed by atoms with Gasteiger partial charge in [-0.2, -0.15) is 0 Å². The monoisotopic (exact) mass is 406 g/mol. The molecule has 0 saturated heterocycles. The first kappa shape index (κ1) is 23.9. The minimum atomic E-state index is -0.714. The third-order valence-corrected chi connectivity index (χ3v) is 6.46. The number of benzene rings is 1. The molecule has 4 heteroatoms. The molecule has 1 aliphatic rings. The van der Waals surface area contributed by atoms with E-state index in [-0.39, 0.29) is 17.8 Å². The van der Waals surface area contributed by atoms with Gasteiger partial charge in [-0.15, -0.1) is 0 Å². The average molecular weight is 407 g/mol. The number of rotatable bonds is 13. The summed E-state index contributed by atoms with van der Waals surface area (Å²) in [6.45, 7) is 2.17. The van der Waals surface area contributed by atoms with Crippen molar-refractivity contribution in [3.63, 3.8) is 0 Å². The van der Waals surface area contributed by atoms with Crippen LogP contribution in [0.2, 0.25) is 0 Å². The summed E-state index contributed by atoms with van der Waals surface area (Å²) < 4.78 is 19.2. The molecular formula is C25H39FO3. The molecule has 0 heterocycles. The quantitative estimate of drug-likeness (QED) is 0.295. The number of alkyl halides is 1. The Morgan fingerprint density at radius 2 is 1.83 bits per heavy atom. The molecule has 0 bridgehead atoms. The molecule has 0 amide bonds. The molecule has 1 N–H and O–H groups in total. The number of halogens is 1. The molecule has 1 aromatic carbocycles. The summed E-state index contributed by atoms with van der Waals surface area (Å²) in [5.74, 6) is 0.228. The largest absolute Gasteiger partial charge is 0.469 e. The first-order valence-corrected chi connectivity index (χ1v) is 11.6. The number of aliphatic hydroxyl groups excluding tert-OH is 1. The second kappa shape index (κ2) is 13.0. The SMILES string of the molecule is CCCCCC(O)c1ccc([C@H]2CC[C@@H](F)[C@@H]2CCCCCCC(=O)OC)cc1. The number of carbonyl (C=O) groups excluding carboxylic acids is 1. The predicted molar refractivity (Wildman–Crippen MR) is 116 cm³/mol. The van der Waals surface area contributed by atoms with E-state index >= 15 is 0 Å². The summed E-state index contributed by atoms with van der Waals surface area (Å²) in [5, 5.41) is 10.3. The third kappa shape index (κ3) is 7.73. The van der Waals surface area contributed by atoms with Crippen LogP contribution >= 0.6 is 0 Å². The number of methoxy groups -OCH3 is 1. The van der Waals surface area contributed by atoms with E-state index in [2.05, 4.69) is 23.8 Å². The van der Waals surface area contributed by atoms with E-state index in [1.54, 1.807) is 0 Å². The minimum Gasteiger partial charge on any atom is -0.469 e. The fourth-order valence-corrected chi connectivity index (χ4v) is 4.64. The number of ether oxygens (including phenoxy) is 1. The Balaban J connectivity index is 1.81. The molecule has 0 radical (unpaired) electrons. The molecule has 0 spiro atoms. The summed E-state index contributed by atoms with van der Waals surface area (Å²) in [7, 11) is 1.42. The van der Waals surface area contributed by atoms with Gasteiger partial charge in [-0.05, 0) is 55.1 Å². The highest BCUT2D eigenvalue weighted by Crippen LogP contribution is 2.44. The van der Waals surface area contributed by atoms with Crippen molar-refractivity contribution in [3.8, 4) is 0 Å². The van der Waals surface area contributed by atoms with Crippen LogP contribution in [0.25, 0.3) is 0 Å². The Labute approximate surface area is 176 Å². The molecule has 1 unspecified atom stereocenters. The molecule has 164 valence electrons. The van der Waals surface area contributed by atoms with Crippen LogP contribution in [0.1, 0.15) is 107 Å². The molecule has 29 heavy (non-hydrogen) atoms. The predicted octanol–water partition coefficient (Wildman–Crippen LogP) is 6.65. The van der Waals surface area contributed by atoms with Crippen molar-refractivity contribution in [2.24, 2.45) is 5.92 Å². The number of unbranched alkanes of at least 4 members (excludes halogenated alkanes) is 5. The minimum absolute atomic E-state index is 0.0935. The summed E-state index contributed by atoms with van der Waals surface area (Å²) in [6.07, 6.45) is 9.90. The van der Waals surface area contributed by atoms with Crippen molar-refractivity contribution in [3.05, 3.63) is 35.4 Å². The topological polar surface area (TPSA) is 46.5 Å². The highest BCUT2D eigenvalue weighted by Gasteiger charge is 2.36. The van der Waals surface area contributed by atoms with Gasteiger partial charge in [0.1, 0.15) is 6.17 Å². The summed E-state index contributed by atoms with van der Waals surface area (Å²) in [4.78, 5) is 11.1. The first-order chi connectivity index (χ1) is 14.1. The summed E-state index contributed by atoms with van der Waals surface area (Å²) in [6, 6.07) is 8.26. The molecule has 1 saturated carbocycles. The van der Waals surface area contributed by atoms with Gasteiger partial charge in [0.25, 0.3) is 0 Å². The van der Waals surface area contributed by atoms with Crippen molar-refractivity contribution < 1.29 is 19.0 Å². The van der Waals surface area contributed by atoms with E-state index in [9.17, 15) is 14.3 Å². The summed E-state index contributed by atoms with van der Waals surface area (Å²) >= 11 is 0. The van der Waals surface area contributed by atoms with E-state index in [0.717, 1.165) is 69.8 Å². The number of carbonyl (C=O) groups is 1. The van der Waals surface area contributed by atoms with Crippen LogP contribution in [0, 0.1) is 5.92 Å². The number of hydrogen-bond donors (Lipinski definition) is 1. The third-order valence-electron chi connectivity index (χ3n) is 6.46. The van der Waals surface area contributed by atoms with Crippen LogP contribution in [0.15, 0.2) is 24.3 Å². The molecule has 1 fully saturated rings. The lowest BCUT2D eigenvalue weighted by Crippen LogP contribution is -2.15. The Bertz CT molecular complexity index is 586. The second-order valence-corrected chi connectivity index (χ2v) is 8.57. The number of esters is 1. The molecule has 3 nitrogen and oxygen atoms in total. The highest BCUT2D eigenvalue weighted by atomic mass is 19.1. The standard InChI is InChI=1S/C25H39FO3/c1-3-4-7-11-24(27)20-15-13-19(14-16-20)21-17-18-23(26)22(21)10-8-5-6-9-12-25(28)29-2/h13-16,21-24,27H,3-12,17-18H2,1-2H3/t21-,22-,23-,24?/m1/s1. The Morgan fingerprint density at radius 1 is 1.10 bits per heavy atom. The smallest absolute Gasteiger partial charge is 0.305 e. The van der Waals surface area contributed by atoms with Crippen LogP contribution < -0.4 is 0 Å².